The normalized spacial score (nSPS) is 20.2. The zero-order chi connectivity index (χ0) is 22.1. The fourth-order valence-electron chi connectivity index (χ4n) is 5.13. The monoisotopic (exact) mass is 434 g/mol. The summed E-state index contributed by atoms with van der Waals surface area (Å²) in [5.41, 5.74) is 1.59. The molecule has 2 aliphatic rings. The summed E-state index contributed by atoms with van der Waals surface area (Å²) in [5, 5.41) is 5.47. The molecule has 1 aromatic heterocycles. The van der Waals surface area contributed by atoms with Crippen LogP contribution in [0.3, 0.4) is 0 Å². The van der Waals surface area contributed by atoms with Gasteiger partial charge in [-0.2, -0.15) is 0 Å². The Balaban J connectivity index is 1.32. The van der Waals surface area contributed by atoms with Gasteiger partial charge in [0.15, 0.2) is 0 Å². The van der Waals surface area contributed by atoms with Crippen LogP contribution in [0.2, 0.25) is 0 Å². The number of ether oxygens (including phenoxy) is 1. The van der Waals surface area contributed by atoms with Crippen molar-refractivity contribution in [3.05, 3.63) is 42.2 Å². The molecular formula is C26H30N2O4. The predicted octanol–water partition coefficient (Wildman–Crippen LogP) is 4.75. The van der Waals surface area contributed by atoms with E-state index in [9.17, 15) is 9.59 Å². The van der Waals surface area contributed by atoms with E-state index in [4.69, 9.17) is 9.15 Å². The van der Waals surface area contributed by atoms with Crippen molar-refractivity contribution in [2.75, 3.05) is 20.2 Å². The highest BCUT2D eigenvalue weighted by Crippen LogP contribution is 2.35. The summed E-state index contributed by atoms with van der Waals surface area (Å²) in [6.45, 7) is 1.58. The number of nitrogens with one attached hydrogen (secondary N) is 1. The third-order valence-corrected chi connectivity index (χ3v) is 7.06. The lowest BCUT2D eigenvalue weighted by atomic mass is 9.90. The van der Waals surface area contributed by atoms with Crippen LogP contribution in [0, 0.1) is 0 Å². The van der Waals surface area contributed by atoms with Crippen LogP contribution in [0.1, 0.15) is 56.4 Å². The smallest absolute Gasteiger partial charge is 0.234 e. The molecule has 168 valence electrons. The number of rotatable bonds is 6. The minimum atomic E-state index is -0.360. The molecule has 2 fully saturated rings. The van der Waals surface area contributed by atoms with Crippen molar-refractivity contribution in [2.45, 2.75) is 56.9 Å². The maximum Gasteiger partial charge on any atom is 0.234 e. The van der Waals surface area contributed by atoms with Crippen molar-refractivity contribution in [2.24, 2.45) is 0 Å². The van der Waals surface area contributed by atoms with Crippen LogP contribution in [-0.4, -0.2) is 43.0 Å². The van der Waals surface area contributed by atoms with Gasteiger partial charge < -0.3 is 14.1 Å². The largest absolute Gasteiger partial charge is 0.492 e. The number of likely N-dealkylation sites (N-methyl/N-ethyl adjacent to an activating group) is 1. The second-order valence-electron chi connectivity index (χ2n) is 9.17. The number of hydrogen-bond donors (Lipinski definition) is 1. The van der Waals surface area contributed by atoms with Crippen LogP contribution in [0.4, 0.5) is 0 Å². The lowest BCUT2D eigenvalue weighted by Gasteiger charge is -2.31. The molecule has 2 aromatic carbocycles. The first-order valence-electron chi connectivity index (χ1n) is 11.7. The third-order valence-electron chi connectivity index (χ3n) is 7.06. The Hall–Kier alpha value is -2.86. The van der Waals surface area contributed by atoms with Gasteiger partial charge in [0.05, 0.1) is 12.2 Å². The lowest BCUT2D eigenvalue weighted by Crippen LogP contribution is -2.39. The molecule has 6 heteroatoms. The molecule has 1 atom stereocenters. The van der Waals surface area contributed by atoms with Crippen LogP contribution >= 0.6 is 0 Å². The SMILES string of the molecule is CN(CCOc1ccc2cc3occ([C@H]4CCC(=O)NC4=O)c3cc2c1)C1CCCCC1. The molecular weight excluding hydrogens is 404 g/mol. The number of hydrogen-bond acceptors (Lipinski definition) is 5. The molecule has 2 heterocycles. The first-order valence-corrected chi connectivity index (χ1v) is 11.7. The van der Waals surface area contributed by atoms with Gasteiger partial charge in [-0.05, 0) is 61.3 Å². The summed E-state index contributed by atoms with van der Waals surface area (Å²) in [4.78, 5) is 26.3. The van der Waals surface area contributed by atoms with Gasteiger partial charge in [0, 0.05) is 30.0 Å². The fraction of sp³-hybridized carbons (Fsp3) is 0.462. The average Bonchev–Trinajstić information content (AvgIpc) is 3.20. The molecule has 6 nitrogen and oxygen atoms in total. The molecule has 1 saturated carbocycles. The van der Waals surface area contributed by atoms with Crippen molar-refractivity contribution in [1.82, 2.24) is 10.2 Å². The van der Waals surface area contributed by atoms with E-state index >= 15 is 0 Å². The molecule has 0 radical (unpaired) electrons. The highest BCUT2D eigenvalue weighted by molar-refractivity contribution is 6.04. The van der Waals surface area contributed by atoms with Crippen molar-refractivity contribution in [1.29, 1.82) is 0 Å². The Morgan fingerprint density at radius 3 is 2.72 bits per heavy atom. The number of furan rings is 1. The number of piperidine rings is 1. The Labute approximate surface area is 187 Å². The van der Waals surface area contributed by atoms with Crippen molar-refractivity contribution in [3.8, 4) is 5.75 Å². The highest BCUT2D eigenvalue weighted by Gasteiger charge is 2.30. The standard InChI is InChI=1S/C26H30N2O4/c1-28(19-5-3-2-4-6-19)11-12-31-20-8-7-17-15-24-22(14-18(17)13-20)23(16-32-24)21-9-10-25(29)27-26(21)30/h7-8,13-16,19,21H,2-6,9-12H2,1H3,(H,27,29,30)/t21-/m1/s1. The summed E-state index contributed by atoms with van der Waals surface area (Å²) in [7, 11) is 2.20. The van der Waals surface area contributed by atoms with Crippen LogP contribution in [0.5, 0.6) is 5.75 Å². The number of carbonyl (C=O) groups excluding carboxylic acids is 2. The van der Waals surface area contributed by atoms with Crippen LogP contribution in [0.15, 0.2) is 41.0 Å². The molecule has 0 unspecified atom stereocenters. The number of amides is 2. The van der Waals surface area contributed by atoms with Crippen LogP contribution in [0.25, 0.3) is 21.7 Å². The van der Waals surface area contributed by atoms with Gasteiger partial charge in [-0.25, -0.2) is 0 Å². The van der Waals surface area contributed by atoms with E-state index in [0.717, 1.165) is 39.6 Å². The second-order valence-corrected chi connectivity index (χ2v) is 9.17. The number of nitrogens with zero attached hydrogens (tertiary/aromatic N) is 1. The Bertz CT molecular complexity index is 1150. The summed E-state index contributed by atoms with van der Waals surface area (Å²) in [6, 6.07) is 10.8. The summed E-state index contributed by atoms with van der Waals surface area (Å²) >= 11 is 0. The zero-order valence-electron chi connectivity index (χ0n) is 18.6. The number of carbonyl (C=O) groups is 2. The Morgan fingerprint density at radius 1 is 1.06 bits per heavy atom. The fourth-order valence-corrected chi connectivity index (χ4v) is 5.13. The first-order chi connectivity index (χ1) is 15.6. The number of imide groups is 1. The van der Waals surface area contributed by atoms with E-state index in [0.29, 0.717) is 25.5 Å². The van der Waals surface area contributed by atoms with E-state index in [1.807, 2.05) is 18.2 Å². The molecule has 5 rings (SSSR count). The molecule has 2 amide bonds. The van der Waals surface area contributed by atoms with E-state index in [1.54, 1.807) is 6.26 Å². The molecule has 1 N–H and O–H groups in total. The maximum atomic E-state index is 12.4. The quantitative estimate of drug-likeness (QED) is 0.567. The van der Waals surface area contributed by atoms with Gasteiger partial charge >= 0.3 is 0 Å². The van der Waals surface area contributed by atoms with Gasteiger partial charge in [-0.3, -0.25) is 14.9 Å². The van der Waals surface area contributed by atoms with E-state index in [1.165, 1.54) is 32.1 Å². The number of benzene rings is 2. The van der Waals surface area contributed by atoms with Gasteiger partial charge in [0.1, 0.15) is 17.9 Å². The topological polar surface area (TPSA) is 71.8 Å². The summed E-state index contributed by atoms with van der Waals surface area (Å²) < 4.78 is 11.8. The minimum absolute atomic E-state index is 0.208. The number of fused-ring (bicyclic) bond motifs is 2. The lowest BCUT2D eigenvalue weighted by molar-refractivity contribution is -0.134. The second kappa shape index (κ2) is 8.94. The molecule has 1 saturated heterocycles. The van der Waals surface area contributed by atoms with Crippen LogP contribution in [-0.2, 0) is 9.59 Å². The van der Waals surface area contributed by atoms with E-state index in [-0.39, 0.29) is 17.7 Å². The summed E-state index contributed by atoms with van der Waals surface area (Å²) in [6.07, 6.45) is 9.15. The summed E-state index contributed by atoms with van der Waals surface area (Å²) in [5.74, 6) is 0.0322. The molecule has 1 aliphatic carbocycles. The van der Waals surface area contributed by atoms with Crippen molar-refractivity contribution < 1.29 is 18.7 Å². The molecule has 1 aliphatic heterocycles. The molecule has 32 heavy (non-hydrogen) atoms. The van der Waals surface area contributed by atoms with Gasteiger partial charge in [-0.15, -0.1) is 0 Å². The van der Waals surface area contributed by atoms with Crippen LogP contribution < -0.4 is 10.1 Å². The minimum Gasteiger partial charge on any atom is -0.492 e. The Morgan fingerprint density at radius 2 is 1.91 bits per heavy atom. The zero-order valence-corrected chi connectivity index (χ0v) is 18.6. The molecule has 0 bridgehead atoms. The highest BCUT2D eigenvalue weighted by atomic mass is 16.5. The van der Waals surface area contributed by atoms with Gasteiger partial charge in [0.25, 0.3) is 0 Å². The van der Waals surface area contributed by atoms with Gasteiger partial charge in [-0.1, -0.05) is 25.3 Å². The van der Waals surface area contributed by atoms with Crippen molar-refractivity contribution >= 4 is 33.6 Å². The Kier molecular flexibility index (Phi) is 5.87. The predicted molar refractivity (Wildman–Crippen MR) is 124 cm³/mol. The van der Waals surface area contributed by atoms with Crippen molar-refractivity contribution in [3.63, 3.8) is 0 Å². The van der Waals surface area contributed by atoms with E-state index in [2.05, 4.69) is 29.4 Å². The van der Waals surface area contributed by atoms with Gasteiger partial charge in [0.2, 0.25) is 11.8 Å². The average molecular weight is 435 g/mol. The first kappa shape index (κ1) is 21.0. The van der Waals surface area contributed by atoms with E-state index < -0.39 is 0 Å². The molecule has 3 aromatic rings. The molecule has 0 spiro atoms. The third kappa shape index (κ3) is 4.24. The maximum absolute atomic E-state index is 12.4.